The molecule has 2 aliphatic rings. The van der Waals surface area contributed by atoms with E-state index in [2.05, 4.69) is 16.0 Å². The Hall–Kier alpha value is -0.810. The molecular formula is C10H19N3O2. The fourth-order valence-corrected chi connectivity index (χ4v) is 2.01. The third-order valence-electron chi connectivity index (χ3n) is 2.94. The molecule has 0 aromatic heterocycles. The van der Waals surface area contributed by atoms with Crippen LogP contribution in [0, 0.1) is 5.92 Å². The van der Waals surface area contributed by atoms with Crippen LogP contribution in [0.5, 0.6) is 0 Å². The molecule has 0 saturated carbocycles. The number of amides is 2. The van der Waals surface area contributed by atoms with E-state index < -0.39 is 0 Å². The van der Waals surface area contributed by atoms with Crippen LogP contribution < -0.4 is 16.0 Å². The lowest BCUT2D eigenvalue weighted by Gasteiger charge is -2.14. The van der Waals surface area contributed by atoms with Crippen molar-refractivity contribution in [1.29, 1.82) is 0 Å². The summed E-state index contributed by atoms with van der Waals surface area (Å²) in [5.74, 6) is 0.584. The zero-order chi connectivity index (χ0) is 10.5. The highest BCUT2D eigenvalue weighted by Crippen LogP contribution is 2.09. The Morgan fingerprint density at radius 1 is 1.47 bits per heavy atom. The van der Waals surface area contributed by atoms with Gasteiger partial charge in [0.05, 0.1) is 0 Å². The van der Waals surface area contributed by atoms with E-state index in [9.17, 15) is 4.79 Å². The van der Waals surface area contributed by atoms with E-state index in [0.717, 1.165) is 45.5 Å². The highest BCUT2D eigenvalue weighted by Gasteiger charge is 2.19. The average molecular weight is 213 g/mol. The molecule has 0 radical (unpaired) electrons. The standard InChI is InChI=1S/C10H19N3O2/c14-10(13-9-2-1-5-15-9)12-7-8-3-4-11-6-8/h8-9,11H,1-7H2,(H2,12,13,14). The van der Waals surface area contributed by atoms with Crippen molar-refractivity contribution in [1.82, 2.24) is 16.0 Å². The van der Waals surface area contributed by atoms with Crippen LogP contribution in [-0.4, -0.2) is 38.5 Å². The van der Waals surface area contributed by atoms with E-state index in [4.69, 9.17) is 4.74 Å². The molecule has 5 heteroatoms. The van der Waals surface area contributed by atoms with Gasteiger partial charge in [0, 0.05) is 13.2 Å². The zero-order valence-electron chi connectivity index (χ0n) is 8.92. The Labute approximate surface area is 89.9 Å². The van der Waals surface area contributed by atoms with Gasteiger partial charge in [-0.15, -0.1) is 0 Å². The molecule has 86 valence electrons. The summed E-state index contributed by atoms with van der Waals surface area (Å²) < 4.78 is 5.31. The molecule has 2 fully saturated rings. The second-order valence-corrected chi connectivity index (χ2v) is 4.21. The van der Waals surface area contributed by atoms with Gasteiger partial charge in [-0.1, -0.05) is 0 Å². The second kappa shape index (κ2) is 5.32. The van der Waals surface area contributed by atoms with Crippen molar-refractivity contribution in [3.63, 3.8) is 0 Å². The van der Waals surface area contributed by atoms with Gasteiger partial charge in [0.1, 0.15) is 6.23 Å². The first kappa shape index (κ1) is 10.7. The van der Waals surface area contributed by atoms with E-state index in [1.165, 1.54) is 0 Å². The summed E-state index contributed by atoms with van der Waals surface area (Å²) in [6.45, 7) is 3.60. The predicted octanol–water partition coefficient (Wildman–Crippen LogP) is 0.0316. The number of hydrogen-bond donors (Lipinski definition) is 3. The molecule has 2 rings (SSSR count). The van der Waals surface area contributed by atoms with Crippen molar-refractivity contribution in [2.75, 3.05) is 26.2 Å². The maximum Gasteiger partial charge on any atom is 0.316 e. The molecule has 0 spiro atoms. The molecule has 2 unspecified atom stereocenters. The van der Waals surface area contributed by atoms with E-state index in [1.807, 2.05) is 0 Å². The lowest BCUT2D eigenvalue weighted by molar-refractivity contribution is 0.0906. The van der Waals surface area contributed by atoms with Crippen molar-refractivity contribution in [3.05, 3.63) is 0 Å². The van der Waals surface area contributed by atoms with Crippen molar-refractivity contribution in [3.8, 4) is 0 Å². The van der Waals surface area contributed by atoms with E-state index in [-0.39, 0.29) is 12.3 Å². The first-order chi connectivity index (χ1) is 7.34. The first-order valence-electron chi connectivity index (χ1n) is 5.71. The Kier molecular flexibility index (Phi) is 3.80. The molecule has 15 heavy (non-hydrogen) atoms. The lowest BCUT2D eigenvalue weighted by atomic mass is 10.1. The van der Waals surface area contributed by atoms with Crippen LogP contribution in [0.4, 0.5) is 4.79 Å². The number of rotatable bonds is 3. The highest BCUT2D eigenvalue weighted by atomic mass is 16.5. The summed E-state index contributed by atoms with van der Waals surface area (Å²) in [5.41, 5.74) is 0. The van der Waals surface area contributed by atoms with Crippen molar-refractivity contribution < 1.29 is 9.53 Å². The van der Waals surface area contributed by atoms with Gasteiger partial charge in [0.25, 0.3) is 0 Å². The first-order valence-corrected chi connectivity index (χ1v) is 5.71. The van der Waals surface area contributed by atoms with Gasteiger partial charge in [0.15, 0.2) is 0 Å². The minimum Gasteiger partial charge on any atom is -0.358 e. The predicted molar refractivity (Wildman–Crippen MR) is 56.5 cm³/mol. The minimum absolute atomic E-state index is 0.0771. The van der Waals surface area contributed by atoms with Crippen LogP contribution in [0.25, 0.3) is 0 Å². The minimum atomic E-state index is -0.103. The Bertz CT molecular complexity index is 211. The van der Waals surface area contributed by atoms with Gasteiger partial charge < -0.3 is 20.7 Å². The van der Waals surface area contributed by atoms with Crippen molar-refractivity contribution in [2.45, 2.75) is 25.5 Å². The number of hydrogen-bond acceptors (Lipinski definition) is 3. The number of urea groups is 1. The fourth-order valence-electron chi connectivity index (χ4n) is 2.01. The van der Waals surface area contributed by atoms with E-state index in [1.54, 1.807) is 0 Å². The summed E-state index contributed by atoms with van der Waals surface area (Å²) in [4.78, 5) is 11.4. The monoisotopic (exact) mass is 213 g/mol. The highest BCUT2D eigenvalue weighted by molar-refractivity contribution is 5.74. The van der Waals surface area contributed by atoms with Gasteiger partial charge in [0.2, 0.25) is 0 Å². The molecule has 2 aliphatic heterocycles. The molecule has 2 saturated heterocycles. The summed E-state index contributed by atoms with van der Waals surface area (Å²) in [7, 11) is 0. The SMILES string of the molecule is O=C(NCC1CCNC1)NC1CCCO1. The topological polar surface area (TPSA) is 62.4 Å². The average Bonchev–Trinajstić information content (AvgIpc) is 2.86. The second-order valence-electron chi connectivity index (χ2n) is 4.21. The van der Waals surface area contributed by atoms with Crippen molar-refractivity contribution in [2.24, 2.45) is 5.92 Å². The van der Waals surface area contributed by atoms with Crippen LogP contribution in [0.15, 0.2) is 0 Å². The fraction of sp³-hybridized carbons (Fsp3) is 0.900. The number of nitrogens with one attached hydrogen (secondary N) is 3. The normalized spacial score (nSPS) is 30.4. The maximum absolute atomic E-state index is 11.4. The van der Waals surface area contributed by atoms with Gasteiger partial charge in [-0.05, 0) is 38.3 Å². The molecule has 0 aliphatic carbocycles. The number of ether oxygens (including phenoxy) is 1. The quantitative estimate of drug-likeness (QED) is 0.620. The molecular weight excluding hydrogens is 194 g/mol. The summed E-state index contributed by atoms with van der Waals surface area (Å²) in [6, 6.07) is -0.103. The van der Waals surface area contributed by atoms with Gasteiger partial charge >= 0.3 is 6.03 Å². The third-order valence-corrected chi connectivity index (χ3v) is 2.94. The molecule has 2 heterocycles. The van der Waals surface area contributed by atoms with Crippen LogP contribution >= 0.6 is 0 Å². The summed E-state index contributed by atoms with van der Waals surface area (Å²) in [6.07, 6.45) is 3.04. The van der Waals surface area contributed by atoms with Gasteiger partial charge in [-0.3, -0.25) is 0 Å². The van der Waals surface area contributed by atoms with Gasteiger partial charge in [-0.2, -0.15) is 0 Å². The van der Waals surface area contributed by atoms with Crippen LogP contribution in [0.1, 0.15) is 19.3 Å². The number of carbonyl (C=O) groups excluding carboxylic acids is 1. The molecule has 2 amide bonds. The maximum atomic E-state index is 11.4. The smallest absolute Gasteiger partial charge is 0.316 e. The van der Waals surface area contributed by atoms with E-state index in [0.29, 0.717) is 5.92 Å². The Balaban J connectivity index is 1.59. The van der Waals surface area contributed by atoms with Crippen LogP contribution in [0.3, 0.4) is 0 Å². The van der Waals surface area contributed by atoms with Crippen LogP contribution in [0.2, 0.25) is 0 Å². The van der Waals surface area contributed by atoms with Gasteiger partial charge in [-0.25, -0.2) is 4.79 Å². The summed E-state index contributed by atoms with van der Waals surface area (Å²) >= 11 is 0. The summed E-state index contributed by atoms with van der Waals surface area (Å²) in [5, 5.41) is 8.96. The molecule has 0 aromatic carbocycles. The Morgan fingerprint density at radius 3 is 3.07 bits per heavy atom. The molecule has 0 aromatic rings. The number of carbonyl (C=O) groups is 1. The molecule has 3 N–H and O–H groups in total. The largest absolute Gasteiger partial charge is 0.358 e. The Morgan fingerprint density at radius 2 is 2.40 bits per heavy atom. The zero-order valence-corrected chi connectivity index (χ0v) is 8.92. The van der Waals surface area contributed by atoms with Crippen LogP contribution in [-0.2, 0) is 4.74 Å². The molecule has 5 nitrogen and oxygen atoms in total. The lowest BCUT2D eigenvalue weighted by Crippen LogP contribution is -2.43. The van der Waals surface area contributed by atoms with E-state index >= 15 is 0 Å². The van der Waals surface area contributed by atoms with Crippen molar-refractivity contribution >= 4 is 6.03 Å². The molecule has 2 atom stereocenters. The molecule has 0 bridgehead atoms. The third kappa shape index (κ3) is 3.35.